The van der Waals surface area contributed by atoms with Gasteiger partial charge in [-0.15, -0.1) is 0 Å². The minimum atomic E-state index is 0.0306. The Morgan fingerprint density at radius 2 is 0.839 bits per heavy atom. The number of nitrogens with one attached hydrogen (secondary N) is 1. The summed E-state index contributed by atoms with van der Waals surface area (Å²) in [6, 6.07) is 72.4. The molecule has 0 radical (unpaired) electrons. The van der Waals surface area contributed by atoms with Crippen molar-refractivity contribution in [1.29, 1.82) is 0 Å². The minimum Gasteiger partial charge on any atom is -0.374 e. The highest BCUT2D eigenvalue weighted by Crippen LogP contribution is 2.40. The molecule has 0 saturated heterocycles. The Labute approximate surface area is 325 Å². The van der Waals surface area contributed by atoms with Gasteiger partial charge in [0, 0.05) is 38.6 Å². The summed E-state index contributed by atoms with van der Waals surface area (Å²) in [4.78, 5) is 0. The fourth-order valence-corrected chi connectivity index (χ4v) is 8.78. The van der Waals surface area contributed by atoms with Gasteiger partial charge in [-0.1, -0.05) is 146 Å². The molecule has 1 unspecified atom stereocenters. The first-order valence-electron chi connectivity index (χ1n) is 19.3. The van der Waals surface area contributed by atoms with E-state index in [1.807, 2.05) is 0 Å². The van der Waals surface area contributed by atoms with Gasteiger partial charge in [0.2, 0.25) is 0 Å². The van der Waals surface area contributed by atoms with Crippen LogP contribution in [0.2, 0.25) is 0 Å². The second-order valence-corrected chi connectivity index (χ2v) is 14.6. The predicted octanol–water partition coefficient (Wildman–Crippen LogP) is 13.3. The molecule has 11 rings (SSSR count). The molecule has 0 aliphatic carbocycles. The van der Waals surface area contributed by atoms with E-state index in [0.29, 0.717) is 0 Å². The molecule has 1 N–H and O–H groups in total. The van der Waals surface area contributed by atoms with Crippen molar-refractivity contribution in [2.45, 2.75) is 6.04 Å². The van der Waals surface area contributed by atoms with Crippen LogP contribution in [0.5, 0.6) is 0 Å². The average molecular weight is 716 g/mol. The van der Waals surface area contributed by atoms with E-state index in [-0.39, 0.29) is 6.04 Å². The van der Waals surface area contributed by atoms with Crippen molar-refractivity contribution in [2.75, 3.05) is 0 Å². The van der Waals surface area contributed by atoms with Crippen molar-refractivity contribution in [2.24, 2.45) is 0 Å². The van der Waals surface area contributed by atoms with Crippen LogP contribution < -0.4 is 5.32 Å². The number of para-hydroxylation sites is 3. The molecule has 2 aromatic heterocycles. The Bertz CT molecular complexity index is 3150. The Morgan fingerprint density at radius 1 is 0.339 bits per heavy atom. The van der Waals surface area contributed by atoms with E-state index in [1.165, 1.54) is 77.1 Å². The zero-order valence-electron chi connectivity index (χ0n) is 30.7. The number of allylic oxidation sites excluding steroid dienone is 2. The summed E-state index contributed by atoms with van der Waals surface area (Å²) >= 11 is 0. The number of benzene rings is 8. The number of fused-ring (bicyclic) bond motifs is 6. The number of dihydropyridines is 1. The highest BCUT2D eigenvalue weighted by Gasteiger charge is 2.23. The molecule has 264 valence electrons. The van der Waals surface area contributed by atoms with E-state index in [2.05, 4.69) is 227 Å². The number of rotatable bonds is 6. The third-order valence-electron chi connectivity index (χ3n) is 11.4. The van der Waals surface area contributed by atoms with Crippen LogP contribution in [-0.4, -0.2) is 9.13 Å². The van der Waals surface area contributed by atoms with E-state index >= 15 is 0 Å². The van der Waals surface area contributed by atoms with Crippen LogP contribution in [0.3, 0.4) is 0 Å². The second kappa shape index (κ2) is 13.2. The van der Waals surface area contributed by atoms with Gasteiger partial charge >= 0.3 is 0 Å². The van der Waals surface area contributed by atoms with E-state index < -0.39 is 0 Å². The smallest absolute Gasteiger partial charge is 0.0773 e. The Hall–Kier alpha value is -7.36. The van der Waals surface area contributed by atoms with Crippen molar-refractivity contribution < 1.29 is 0 Å². The summed E-state index contributed by atoms with van der Waals surface area (Å²) in [6.45, 7) is 0. The predicted molar refractivity (Wildman–Crippen MR) is 235 cm³/mol. The summed E-state index contributed by atoms with van der Waals surface area (Å²) in [7, 11) is 0. The molecule has 0 saturated carbocycles. The summed E-state index contributed by atoms with van der Waals surface area (Å²) in [6.07, 6.45) is 4.51. The summed E-state index contributed by atoms with van der Waals surface area (Å²) in [5, 5.41) is 8.92. The third kappa shape index (κ3) is 5.28. The van der Waals surface area contributed by atoms with E-state index in [0.717, 1.165) is 16.9 Å². The second-order valence-electron chi connectivity index (χ2n) is 14.6. The van der Waals surface area contributed by atoms with E-state index in [9.17, 15) is 0 Å². The van der Waals surface area contributed by atoms with Crippen molar-refractivity contribution >= 4 is 54.9 Å². The molecule has 1 aliphatic rings. The van der Waals surface area contributed by atoms with Gasteiger partial charge in [0.25, 0.3) is 0 Å². The molecule has 1 aliphatic heterocycles. The zero-order chi connectivity index (χ0) is 37.0. The van der Waals surface area contributed by atoms with Gasteiger partial charge in [-0.25, -0.2) is 0 Å². The lowest BCUT2D eigenvalue weighted by Gasteiger charge is -2.29. The standard InChI is InChI=1S/C53H37N3/c1-4-15-36(16-5-1)43-29-30-48(54-53(43)37-17-6-2-7-18-37)40-19-14-22-42(33-40)56-50-26-13-11-24-45(50)47-35-39(28-32-52(47)56)38-27-31-51-46(34-38)44-23-10-12-25-49(44)55(51)41-20-8-3-9-21-41/h1-35,53-54H. The highest BCUT2D eigenvalue weighted by molar-refractivity contribution is 6.12. The van der Waals surface area contributed by atoms with Crippen LogP contribution in [0.15, 0.2) is 212 Å². The Morgan fingerprint density at radius 3 is 1.48 bits per heavy atom. The zero-order valence-corrected chi connectivity index (χ0v) is 30.7. The van der Waals surface area contributed by atoms with Crippen molar-refractivity contribution in [3.63, 3.8) is 0 Å². The van der Waals surface area contributed by atoms with Gasteiger partial charge in [0.05, 0.1) is 28.1 Å². The SMILES string of the molecule is C1=C(c2cccc(-n3c4ccccc4c4cc(-c5ccc6c(c5)c5ccccc5n6-c5ccccc5)ccc43)c2)NC(c2ccccc2)C(c2ccccc2)=C1. The van der Waals surface area contributed by atoms with E-state index in [4.69, 9.17) is 0 Å². The van der Waals surface area contributed by atoms with Gasteiger partial charge < -0.3 is 14.5 Å². The van der Waals surface area contributed by atoms with Gasteiger partial charge in [-0.2, -0.15) is 0 Å². The maximum Gasteiger partial charge on any atom is 0.0773 e. The molecule has 3 heteroatoms. The van der Waals surface area contributed by atoms with Gasteiger partial charge in [-0.05, 0) is 100 Å². The van der Waals surface area contributed by atoms with E-state index in [1.54, 1.807) is 0 Å². The molecule has 1 atom stereocenters. The van der Waals surface area contributed by atoms with Crippen LogP contribution in [0.1, 0.15) is 22.7 Å². The molecular formula is C53H37N3. The average Bonchev–Trinajstić information content (AvgIpc) is 3.79. The minimum absolute atomic E-state index is 0.0306. The lowest BCUT2D eigenvalue weighted by Crippen LogP contribution is -2.24. The van der Waals surface area contributed by atoms with Crippen molar-refractivity contribution in [1.82, 2.24) is 14.5 Å². The first-order chi connectivity index (χ1) is 27.8. The number of hydrogen-bond donors (Lipinski definition) is 1. The Kier molecular flexibility index (Phi) is 7.56. The number of aromatic nitrogens is 2. The lowest BCUT2D eigenvalue weighted by atomic mass is 9.89. The third-order valence-corrected chi connectivity index (χ3v) is 11.4. The Balaban J connectivity index is 1.01. The van der Waals surface area contributed by atoms with Gasteiger partial charge in [0.1, 0.15) is 0 Å². The van der Waals surface area contributed by atoms with Gasteiger partial charge in [0.15, 0.2) is 0 Å². The molecule has 56 heavy (non-hydrogen) atoms. The van der Waals surface area contributed by atoms with Crippen molar-refractivity contribution in [3.8, 4) is 22.5 Å². The first-order valence-corrected chi connectivity index (χ1v) is 19.3. The van der Waals surface area contributed by atoms with Crippen molar-refractivity contribution in [3.05, 3.63) is 229 Å². The molecular weight excluding hydrogens is 679 g/mol. The van der Waals surface area contributed by atoms with Gasteiger partial charge in [-0.3, -0.25) is 0 Å². The van der Waals surface area contributed by atoms with Crippen LogP contribution in [0, 0.1) is 0 Å². The quantitative estimate of drug-likeness (QED) is 0.182. The normalized spacial score (nSPS) is 14.2. The monoisotopic (exact) mass is 715 g/mol. The summed E-state index contributed by atoms with van der Waals surface area (Å²) in [5.74, 6) is 0. The number of nitrogens with zero attached hydrogens (tertiary/aromatic N) is 2. The largest absolute Gasteiger partial charge is 0.374 e. The summed E-state index contributed by atoms with van der Waals surface area (Å²) in [5.41, 5.74) is 15.5. The molecule has 0 amide bonds. The van der Waals surface area contributed by atoms with Crippen LogP contribution in [0.25, 0.3) is 77.4 Å². The van der Waals surface area contributed by atoms with Crippen LogP contribution in [0.4, 0.5) is 0 Å². The molecule has 3 nitrogen and oxygen atoms in total. The molecule has 10 aromatic rings. The molecule has 0 fully saturated rings. The topological polar surface area (TPSA) is 21.9 Å². The molecule has 8 aromatic carbocycles. The molecule has 0 spiro atoms. The fourth-order valence-electron chi connectivity index (χ4n) is 8.78. The molecule has 0 bridgehead atoms. The fraction of sp³-hybridized carbons (Fsp3) is 0.0189. The van der Waals surface area contributed by atoms with Crippen LogP contribution >= 0.6 is 0 Å². The number of hydrogen-bond acceptors (Lipinski definition) is 1. The summed E-state index contributed by atoms with van der Waals surface area (Å²) < 4.78 is 4.79. The molecule has 3 heterocycles. The maximum atomic E-state index is 3.92. The maximum absolute atomic E-state index is 3.92. The lowest BCUT2D eigenvalue weighted by molar-refractivity contribution is 0.782. The van der Waals surface area contributed by atoms with Crippen LogP contribution in [-0.2, 0) is 0 Å². The highest BCUT2D eigenvalue weighted by atomic mass is 15.0. The first kappa shape index (κ1) is 32.1.